The Labute approximate surface area is 256 Å². The maximum atomic E-state index is 6.26. The lowest BCUT2D eigenvalue weighted by atomic mass is 9.86. The summed E-state index contributed by atoms with van der Waals surface area (Å²) in [5.41, 5.74) is 8.45. The summed E-state index contributed by atoms with van der Waals surface area (Å²) in [5.74, 6) is 2.37. The van der Waals surface area contributed by atoms with Gasteiger partial charge in [-0.1, -0.05) is 0 Å². The summed E-state index contributed by atoms with van der Waals surface area (Å²) >= 11 is 0. The number of ether oxygens (including phenoxy) is 4. The molecular weight excluding hydrogens is 552 g/mol. The molecule has 6 rings (SSSR count). The molecule has 0 aliphatic rings. The van der Waals surface area contributed by atoms with Crippen LogP contribution in [0.2, 0.25) is 0 Å². The van der Waals surface area contributed by atoms with E-state index in [1.165, 1.54) is 0 Å². The van der Waals surface area contributed by atoms with E-state index in [-0.39, 0.29) is 0 Å². The van der Waals surface area contributed by atoms with Crippen LogP contribution in [-0.2, 0) is 0 Å². The second-order valence-corrected chi connectivity index (χ2v) is 9.77. The van der Waals surface area contributed by atoms with E-state index in [4.69, 9.17) is 18.9 Å². The summed E-state index contributed by atoms with van der Waals surface area (Å²) in [5, 5.41) is 0. The second-order valence-electron chi connectivity index (χ2n) is 9.77. The molecule has 0 fully saturated rings. The molecule has 0 amide bonds. The third kappa shape index (κ3) is 5.07. The molecule has 0 atom stereocenters. The van der Waals surface area contributed by atoms with Gasteiger partial charge in [0.1, 0.15) is 23.0 Å². The Balaban J connectivity index is 1.84. The van der Waals surface area contributed by atoms with Gasteiger partial charge in [-0.05, 0) is 82.9 Å². The van der Waals surface area contributed by atoms with Crippen LogP contribution in [0.1, 0.15) is 0 Å². The molecule has 0 saturated carbocycles. The normalized spacial score (nSPS) is 10.7. The molecule has 0 unspecified atom stereocenters. The number of pyridine rings is 4. The second kappa shape index (κ2) is 12.6. The Kier molecular flexibility index (Phi) is 8.14. The van der Waals surface area contributed by atoms with Gasteiger partial charge in [0.25, 0.3) is 0 Å². The van der Waals surface area contributed by atoms with Crippen LogP contribution in [-0.4, -0.2) is 48.4 Å². The molecule has 2 aromatic carbocycles. The summed E-state index contributed by atoms with van der Waals surface area (Å²) in [6.45, 7) is 0. The van der Waals surface area contributed by atoms with Crippen molar-refractivity contribution in [2.75, 3.05) is 28.4 Å². The highest BCUT2D eigenvalue weighted by molar-refractivity contribution is 6.02. The van der Waals surface area contributed by atoms with Crippen molar-refractivity contribution >= 4 is 0 Å². The third-order valence-corrected chi connectivity index (χ3v) is 7.50. The number of benzene rings is 2. The predicted octanol–water partition coefficient (Wildman–Crippen LogP) is 7.64. The molecule has 0 spiro atoms. The minimum absolute atomic E-state index is 0.593. The van der Waals surface area contributed by atoms with Gasteiger partial charge >= 0.3 is 0 Å². The minimum Gasteiger partial charge on any atom is -0.495 e. The fraction of sp³-hybridized carbons (Fsp3) is 0.111. The van der Waals surface area contributed by atoms with Gasteiger partial charge in [0, 0.05) is 71.8 Å². The van der Waals surface area contributed by atoms with Gasteiger partial charge in [-0.25, -0.2) is 0 Å². The zero-order chi connectivity index (χ0) is 30.5. The lowest BCUT2D eigenvalue weighted by molar-refractivity contribution is 0.388. The first-order valence-corrected chi connectivity index (χ1v) is 13.9. The van der Waals surface area contributed by atoms with Crippen LogP contribution in [0.3, 0.4) is 0 Å². The van der Waals surface area contributed by atoms with E-state index in [1.807, 2.05) is 48.5 Å². The maximum Gasteiger partial charge on any atom is 0.138 e. The summed E-state index contributed by atoms with van der Waals surface area (Å²) < 4.78 is 25.1. The van der Waals surface area contributed by atoms with Gasteiger partial charge in [0.05, 0.1) is 39.6 Å². The molecule has 0 aliphatic carbocycles. The number of methoxy groups -OCH3 is 4. The largest absolute Gasteiger partial charge is 0.495 e. The van der Waals surface area contributed by atoms with Crippen molar-refractivity contribution in [2.24, 2.45) is 0 Å². The van der Waals surface area contributed by atoms with Crippen LogP contribution in [0.15, 0.2) is 110 Å². The van der Waals surface area contributed by atoms with Gasteiger partial charge in [-0.15, -0.1) is 0 Å². The summed E-state index contributed by atoms with van der Waals surface area (Å²) in [6.07, 6.45) is 14.1. The molecule has 0 aliphatic heterocycles. The Morgan fingerprint density at radius 2 is 0.545 bits per heavy atom. The lowest BCUT2D eigenvalue weighted by Gasteiger charge is -2.26. The zero-order valence-electron chi connectivity index (χ0n) is 24.8. The molecule has 0 bridgehead atoms. The van der Waals surface area contributed by atoms with E-state index in [9.17, 15) is 0 Å². The highest BCUT2D eigenvalue weighted by Gasteiger charge is 2.31. The quantitative estimate of drug-likeness (QED) is 0.172. The standard InChI is InChI=1S/C36H30N4O4/c1-41-33-27(23-5-13-37-14-6-23)21-28(24-7-15-38-16-8-24)34(42-2)31(33)32-35(43-3)29(25-9-17-39-18-10-25)22-30(36(32)44-4)26-11-19-40-20-12-26/h5-22H,1-4H3. The van der Waals surface area contributed by atoms with Crippen molar-refractivity contribution in [3.05, 3.63) is 110 Å². The predicted molar refractivity (Wildman–Crippen MR) is 171 cm³/mol. The van der Waals surface area contributed by atoms with Crippen molar-refractivity contribution in [1.82, 2.24) is 19.9 Å². The molecule has 4 aromatic heterocycles. The van der Waals surface area contributed by atoms with Crippen LogP contribution in [0.5, 0.6) is 23.0 Å². The van der Waals surface area contributed by atoms with E-state index in [0.29, 0.717) is 34.1 Å². The topological polar surface area (TPSA) is 88.5 Å². The number of nitrogens with zero attached hydrogens (tertiary/aromatic N) is 4. The first-order chi connectivity index (χ1) is 21.7. The molecule has 4 heterocycles. The lowest BCUT2D eigenvalue weighted by Crippen LogP contribution is -2.04. The van der Waals surface area contributed by atoms with E-state index >= 15 is 0 Å². The first-order valence-electron chi connectivity index (χ1n) is 13.9. The van der Waals surface area contributed by atoms with Crippen LogP contribution >= 0.6 is 0 Å². The van der Waals surface area contributed by atoms with Gasteiger partial charge < -0.3 is 18.9 Å². The molecule has 0 saturated heterocycles. The Hall–Kier alpha value is -5.76. The summed E-state index contributed by atoms with van der Waals surface area (Å²) in [4.78, 5) is 17.0. The number of hydrogen-bond donors (Lipinski definition) is 0. The van der Waals surface area contributed by atoms with E-state index in [0.717, 1.165) is 44.5 Å². The van der Waals surface area contributed by atoms with Gasteiger partial charge in [0.15, 0.2) is 0 Å². The van der Waals surface area contributed by atoms with Gasteiger partial charge in [0.2, 0.25) is 0 Å². The molecule has 218 valence electrons. The van der Waals surface area contributed by atoms with Crippen molar-refractivity contribution < 1.29 is 18.9 Å². The van der Waals surface area contributed by atoms with Crippen molar-refractivity contribution in [1.29, 1.82) is 0 Å². The van der Waals surface area contributed by atoms with Gasteiger partial charge in [-0.2, -0.15) is 0 Å². The SMILES string of the molecule is COc1c(-c2ccncc2)cc(-c2ccncc2)c(OC)c1-c1c(OC)c(-c2ccncc2)cc(-c2ccncc2)c1OC. The van der Waals surface area contributed by atoms with Crippen LogP contribution in [0.4, 0.5) is 0 Å². The van der Waals surface area contributed by atoms with Crippen molar-refractivity contribution in [3.63, 3.8) is 0 Å². The number of rotatable bonds is 9. The fourth-order valence-electron chi connectivity index (χ4n) is 5.58. The summed E-state index contributed by atoms with van der Waals surface area (Å²) in [6, 6.07) is 19.8. The van der Waals surface area contributed by atoms with Crippen molar-refractivity contribution in [3.8, 4) is 78.6 Å². The van der Waals surface area contributed by atoms with Crippen molar-refractivity contribution in [2.45, 2.75) is 0 Å². The Morgan fingerprint density at radius 3 is 0.727 bits per heavy atom. The monoisotopic (exact) mass is 582 g/mol. The van der Waals surface area contributed by atoms with Crippen LogP contribution in [0.25, 0.3) is 55.6 Å². The Morgan fingerprint density at radius 1 is 0.341 bits per heavy atom. The smallest absolute Gasteiger partial charge is 0.138 e. The Bertz CT molecular complexity index is 1610. The van der Waals surface area contributed by atoms with E-state index < -0.39 is 0 Å². The molecule has 6 aromatic rings. The van der Waals surface area contributed by atoms with E-state index in [1.54, 1.807) is 78.0 Å². The van der Waals surface area contributed by atoms with Gasteiger partial charge in [-0.3, -0.25) is 19.9 Å². The molecule has 0 radical (unpaired) electrons. The van der Waals surface area contributed by atoms with E-state index in [2.05, 4.69) is 32.1 Å². The van der Waals surface area contributed by atoms with Crippen LogP contribution < -0.4 is 18.9 Å². The average Bonchev–Trinajstić information content (AvgIpc) is 3.11. The summed E-state index contributed by atoms with van der Waals surface area (Å²) in [7, 11) is 6.63. The fourth-order valence-corrected chi connectivity index (χ4v) is 5.58. The number of hydrogen-bond acceptors (Lipinski definition) is 8. The maximum absolute atomic E-state index is 6.26. The highest BCUT2D eigenvalue weighted by Crippen LogP contribution is 2.58. The average molecular weight is 583 g/mol. The highest BCUT2D eigenvalue weighted by atomic mass is 16.5. The first kappa shape index (κ1) is 28.4. The van der Waals surface area contributed by atoms with Crippen LogP contribution in [0, 0.1) is 0 Å². The number of aromatic nitrogens is 4. The molecule has 8 heteroatoms. The third-order valence-electron chi connectivity index (χ3n) is 7.50. The molecule has 0 N–H and O–H groups in total. The zero-order valence-corrected chi connectivity index (χ0v) is 24.8. The molecule has 8 nitrogen and oxygen atoms in total. The minimum atomic E-state index is 0.593. The molecule has 44 heavy (non-hydrogen) atoms. The molecular formula is C36H30N4O4.